The Hall–Kier alpha value is -1.61. The Balaban J connectivity index is 2.03. The molecular formula is C16H21NO2. The van der Waals surface area contributed by atoms with Crippen molar-refractivity contribution in [3.05, 3.63) is 41.5 Å². The Kier molecular flexibility index (Phi) is 4.38. The van der Waals surface area contributed by atoms with Gasteiger partial charge in [-0.15, -0.1) is 0 Å². The largest absolute Gasteiger partial charge is 0.372 e. The van der Waals surface area contributed by atoms with Crippen molar-refractivity contribution < 1.29 is 9.53 Å². The van der Waals surface area contributed by atoms with Gasteiger partial charge in [-0.05, 0) is 38.0 Å². The summed E-state index contributed by atoms with van der Waals surface area (Å²) < 4.78 is 5.63. The van der Waals surface area contributed by atoms with E-state index in [9.17, 15) is 4.79 Å². The average molecular weight is 259 g/mol. The zero-order valence-corrected chi connectivity index (χ0v) is 11.8. The van der Waals surface area contributed by atoms with Gasteiger partial charge in [0.15, 0.2) is 0 Å². The summed E-state index contributed by atoms with van der Waals surface area (Å²) in [6, 6.07) is 8.04. The summed E-state index contributed by atoms with van der Waals surface area (Å²) >= 11 is 0. The summed E-state index contributed by atoms with van der Waals surface area (Å²) in [6.07, 6.45) is 3.77. The van der Waals surface area contributed by atoms with E-state index >= 15 is 0 Å². The first-order valence-corrected chi connectivity index (χ1v) is 6.74. The molecule has 1 aromatic rings. The first kappa shape index (κ1) is 13.8. The quantitative estimate of drug-likeness (QED) is 0.764. The smallest absolute Gasteiger partial charge is 0.246 e. The molecular weight excluding hydrogens is 238 g/mol. The van der Waals surface area contributed by atoms with E-state index in [2.05, 4.69) is 0 Å². The van der Waals surface area contributed by atoms with E-state index in [4.69, 9.17) is 4.74 Å². The third-order valence-electron chi connectivity index (χ3n) is 3.33. The van der Waals surface area contributed by atoms with Crippen molar-refractivity contribution in [3.8, 4) is 0 Å². The lowest BCUT2D eigenvalue weighted by atomic mass is 10.1. The van der Waals surface area contributed by atoms with Crippen LogP contribution in [-0.2, 0) is 9.53 Å². The first-order chi connectivity index (χ1) is 9.06. The molecule has 2 atom stereocenters. The number of amides is 1. The molecule has 3 nitrogen and oxygen atoms in total. The molecule has 0 aliphatic carbocycles. The molecule has 0 unspecified atom stereocenters. The molecule has 1 aliphatic rings. The number of ether oxygens (including phenoxy) is 1. The van der Waals surface area contributed by atoms with Gasteiger partial charge in [0.05, 0.1) is 12.2 Å². The monoisotopic (exact) mass is 259 g/mol. The predicted octanol–water partition coefficient (Wildman–Crippen LogP) is 2.64. The maximum Gasteiger partial charge on any atom is 0.246 e. The normalized spacial score (nSPS) is 23.8. The summed E-state index contributed by atoms with van der Waals surface area (Å²) in [5.41, 5.74) is 2.26. The van der Waals surface area contributed by atoms with Crippen molar-refractivity contribution in [1.82, 2.24) is 4.90 Å². The second kappa shape index (κ2) is 6.02. The molecule has 1 saturated heterocycles. The summed E-state index contributed by atoms with van der Waals surface area (Å²) in [4.78, 5) is 14.0. The van der Waals surface area contributed by atoms with Crippen LogP contribution in [0.25, 0.3) is 6.08 Å². The van der Waals surface area contributed by atoms with Crippen LogP contribution < -0.4 is 0 Å². The fourth-order valence-electron chi connectivity index (χ4n) is 2.40. The Morgan fingerprint density at radius 3 is 2.53 bits per heavy atom. The molecule has 2 rings (SSSR count). The van der Waals surface area contributed by atoms with Crippen molar-refractivity contribution in [3.63, 3.8) is 0 Å². The lowest BCUT2D eigenvalue weighted by Gasteiger charge is -2.34. The van der Waals surface area contributed by atoms with Crippen LogP contribution in [0.5, 0.6) is 0 Å². The Morgan fingerprint density at radius 1 is 1.26 bits per heavy atom. The fraction of sp³-hybridized carbons (Fsp3) is 0.438. The topological polar surface area (TPSA) is 29.5 Å². The van der Waals surface area contributed by atoms with E-state index in [0.717, 1.165) is 5.56 Å². The van der Waals surface area contributed by atoms with Crippen molar-refractivity contribution in [2.75, 3.05) is 13.1 Å². The van der Waals surface area contributed by atoms with Crippen LogP contribution in [0.3, 0.4) is 0 Å². The number of morpholine rings is 1. The highest BCUT2D eigenvalue weighted by atomic mass is 16.5. The Labute approximate surface area is 114 Å². The zero-order valence-electron chi connectivity index (χ0n) is 11.8. The third kappa shape index (κ3) is 3.67. The number of carbonyl (C=O) groups is 1. The average Bonchev–Trinajstić information content (AvgIpc) is 2.36. The minimum atomic E-state index is 0.0604. The van der Waals surface area contributed by atoms with Gasteiger partial charge in [-0.1, -0.05) is 24.3 Å². The molecule has 1 aromatic carbocycles. The number of hydrogen-bond donors (Lipinski definition) is 0. The standard InChI is InChI=1S/C16H21NO2/c1-12-6-4-5-7-15(12)8-9-16(18)17-10-13(2)19-14(3)11-17/h4-9,13-14H,10-11H2,1-3H3/b9-8+/t13-,14+. The molecule has 1 heterocycles. The molecule has 1 aliphatic heterocycles. The fourth-order valence-corrected chi connectivity index (χ4v) is 2.40. The van der Waals surface area contributed by atoms with Crippen LogP contribution in [0, 0.1) is 6.92 Å². The Bertz CT molecular complexity index is 471. The minimum Gasteiger partial charge on any atom is -0.372 e. The van der Waals surface area contributed by atoms with Crippen molar-refractivity contribution in [2.24, 2.45) is 0 Å². The maximum absolute atomic E-state index is 12.2. The van der Waals surface area contributed by atoms with Gasteiger partial charge in [-0.3, -0.25) is 4.79 Å². The SMILES string of the molecule is Cc1ccccc1/C=C/C(=O)N1C[C@@H](C)O[C@@H](C)C1. The number of aryl methyl sites for hydroxylation is 1. The number of rotatable bonds is 2. The van der Waals surface area contributed by atoms with Gasteiger partial charge in [0.2, 0.25) is 5.91 Å². The second-order valence-corrected chi connectivity index (χ2v) is 5.19. The number of hydrogen-bond acceptors (Lipinski definition) is 2. The van der Waals surface area contributed by atoms with Crippen LogP contribution in [0.15, 0.2) is 30.3 Å². The number of nitrogens with zero attached hydrogens (tertiary/aromatic N) is 1. The van der Waals surface area contributed by atoms with E-state index in [1.54, 1.807) is 6.08 Å². The van der Waals surface area contributed by atoms with Crippen molar-refractivity contribution >= 4 is 12.0 Å². The van der Waals surface area contributed by atoms with Gasteiger partial charge >= 0.3 is 0 Å². The van der Waals surface area contributed by atoms with E-state index in [1.165, 1.54) is 5.56 Å². The van der Waals surface area contributed by atoms with Gasteiger partial charge in [0.25, 0.3) is 0 Å². The lowest BCUT2D eigenvalue weighted by molar-refractivity contribution is -0.137. The van der Waals surface area contributed by atoms with Gasteiger partial charge in [0.1, 0.15) is 0 Å². The van der Waals surface area contributed by atoms with Crippen molar-refractivity contribution in [2.45, 2.75) is 33.0 Å². The van der Waals surface area contributed by atoms with Gasteiger partial charge < -0.3 is 9.64 Å². The minimum absolute atomic E-state index is 0.0604. The number of carbonyl (C=O) groups excluding carboxylic acids is 1. The van der Waals surface area contributed by atoms with Gasteiger partial charge in [-0.25, -0.2) is 0 Å². The van der Waals surface area contributed by atoms with E-state index in [-0.39, 0.29) is 18.1 Å². The molecule has 102 valence electrons. The predicted molar refractivity (Wildman–Crippen MR) is 76.8 cm³/mol. The summed E-state index contributed by atoms with van der Waals surface area (Å²) in [5, 5.41) is 0. The van der Waals surface area contributed by atoms with Crippen LogP contribution in [-0.4, -0.2) is 36.1 Å². The highest BCUT2D eigenvalue weighted by molar-refractivity contribution is 5.92. The van der Waals surface area contributed by atoms with Crippen LogP contribution in [0.4, 0.5) is 0 Å². The van der Waals surface area contributed by atoms with E-state index < -0.39 is 0 Å². The van der Waals surface area contributed by atoms with E-state index in [1.807, 2.05) is 56.0 Å². The third-order valence-corrected chi connectivity index (χ3v) is 3.33. The highest BCUT2D eigenvalue weighted by Gasteiger charge is 2.24. The van der Waals surface area contributed by atoms with Gasteiger partial charge in [0, 0.05) is 19.2 Å². The summed E-state index contributed by atoms with van der Waals surface area (Å²) in [6.45, 7) is 7.38. The molecule has 0 saturated carbocycles. The molecule has 3 heteroatoms. The zero-order chi connectivity index (χ0) is 13.8. The lowest BCUT2D eigenvalue weighted by Crippen LogP contribution is -2.47. The van der Waals surface area contributed by atoms with Gasteiger partial charge in [-0.2, -0.15) is 0 Å². The molecule has 0 spiro atoms. The molecule has 0 bridgehead atoms. The van der Waals surface area contributed by atoms with Crippen LogP contribution in [0.1, 0.15) is 25.0 Å². The molecule has 19 heavy (non-hydrogen) atoms. The first-order valence-electron chi connectivity index (χ1n) is 6.74. The molecule has 0 aromatic heterocycles. The van der Waals surface area contributed by atoms with Crippen LogP contribution >= 0.6 is 0 Å². The molecule has 1 fully saturated rings. The highest BCUT2D eigenvalue weighted by Crippen LogP contribution is 2.13. The summed E-state index contributed by atoms with van der Waals surface area (Å²) in [7, 11) is 0. The number of benzene rings is 1. The van der Waals surface area contributed by atoms with Crippen LogP contribution in [0.2, 0.25) is 0 Å². The molecule has 0 N–H and O–H groups in total. The van der Waals surface area contributed by atoms with Crippen molar-refractivity contribution in [1.29, 1.82) is 0 Å². The second-order valence-electron chi connectivity index (χ2n) is 5.19. The summed E-state index contributed by atoms with van der Waals surface area (Å²) in [5.74, 6) is 0.0604. The molecule has 1 amide bonds. The maximum atomic E-state index is 12.2. The van der Waals surface area contributed by atoms with E-state index in [0.29, 0.717) is 13.1 Å². The molecule has 0 radical (unpaired) electrons. The Morgan fingerprint density at radius 2 is 1.89 bits per heavy atom.